The molecule has 0 spiro atoms. The number of aryl methyl sites for hydroxylation is 3. The zero-order chi connectivity index (χ0) is 44.3. The van der Waals surface area contributed by atoms with E-state index in [1.165, 1.54) is 44.0 Å². The maximum absolute atomic E-state index is 16.0. The summed E-state index contributed by atoms with van der Waals surface area (Å²) >= 11 is 0. The molecular weight excluding hydrogens is 824 g/mol. The van der Waals surface area contributed by atoms with Crippen LogP contribution in [0.25, 0.3) is 0 Å². The quantitative estimate of drug-likeness (QED) is 0.208. The van der Waals surface area contributed by atoms with Gasteiger partial charge in [0.05, 0.1) is 0 Å². The van der Waals surface area contributed by atoms with Gasteiger partial charge >= 0.3 is 0 Å². The van der Waals surface area contributed by atoms with Crippen molar-refractivity contribution in [2.75, 3.05) is 14.7 Å². The molecule has 7 aliphatic rings. The summed E-state index contributed by atoms with van der Waals surface area (Å²) in [6, 6.07) is 54.9. The zero-order valence-corrected chi connectivity index (χ0v) is 36.8. The van der Waals surface area contributed by atoms with E-state index >= 15 is 8.78 Å². The Morgan fingerprint density at radius 3 is 1.25 bits per heavy atom. The summed E-state index contributed by atoms with van der Waals surface area (Å²) < 4.78 is 39.1. The smallest absolute Gasteiger partial charge is 0.252 e. The second-order valence-corrected chi connectivity index (χ2v) is 19.5. The van der Waals surface area contributed by atoms with E-state index in [-0.39, 0.29) is 38.5 Å². The molecule has 0 aromatic heterocycles. The van der Waals surface area contributed by atoms with Gasteiger partial charge in [-0.15, -0.1) is 0 Å². The number of hydrogen-bond acceptors (Lipinski definition) is 4. The van der Waals surface area contributed by atoms with E-state index in [9.17, 15) is 0 Å². The summed E-state index contributed by atoms with van der Waals surface area (Å²) in [5, 5.41) is 0. The SMILES string of the molecule is Cc1cc(C)c(B2c3ccccc3Oc3cc4c(cc32)B2c3ccccc3N3c5ccccc5B5c6cc(F)ccc6N6c7ccc(F)cc7B7c8ccccc8N4c4c2c3c5c6c47)c(C)c1. The van der Waals surface area contributed by atoms with Gasteiger partial charge in [-0.05, 0) is 142 Å². The van der Waals surface area contributed by atoms with Crippen molar-refractivity contribution in [3.8, 4) is 11.5 Å². The molecule has 0 saturated carbocycles. The van der Waals surface area contributed by atoms with Gasteiger partial charge in [-0.25, -0.2) is 8.78 Å². The number of ether oxygens (including phenoxy) is 1. The monoisotopic (exact) mass is 859 g/mol. The third-order valence-electron chi connectivity index (χ3n) is 16.1. The molecule has 0 bridgehead atoms. The van der Waals surface area contributed by atoms with Crippen molar-refractivity contribution in [1.82, 2.24) is 0 Å². The minimum Gasteiger partial charge on any atom is -0.458 e. The van der Waals surface area contributed by atoms with Crippen LogP contribution in [-0.4, -0.2) is 26.9 Å². The molecule has 0 N–H and O–H groups in total. The Balaban J connectivity index is 1.09. The molecule has 0 aliphatic carbocycles. The molecule has 7 aliphatic heterocycles. The summed E-state index contributed by atoms with van der Waals surface area (Å²) in [5.41, 5.74) is 27.1. The van der Waals surface area contributed by atoms with E-state index in [0.717, 1.165) is 101 Å². The molecular formula is C57H35B4F2N3O. The van der Waals surface area contributed by atoms with Crippen LogP contribution in [-0.2, 0) is 0 Å². The van der Waals surface area contributed by atoms with Crippen LogP contribution in [0.3, 0.4) is 0 Å². The summed E-state index contributed by atoms with van der Waals surface area (Å²) in [7, 11) is 0. The van der Waals surface area contributed by atoms with Gasteiger partial charge in [0.15, 0.2) is 0 Å². The first kappa shape index (κ1) is 36.5. The van der Waals surface area contributed by atoms with E-state index in [1.54, 1.807) is 24.3 Å². The maximum Gasteiger partial charge on any atom is 0.252 e. The second-order valence-electron chi connectivity index (χ2n) is 19.5. The summed E-state index contributed by atoms with van der Waals surface area (Å²) in [6.07, 6.45) is 0. The maximum atomic E-state index is 16.0. The lowest BCUT2D eigenvalue weighted by atomic mass is 9.24. The van der Waals surface area contributed by atoms with E-state index in [0.29, 0.717) is 0 Å². The molecule has 4 nitrogen and oxygen atoms in total. The minimum atomic E-state index is -0.279. The van der Waals surface area contributed by atoms with Gasteiger partial charge in [0.2, 0.25) is 0 Å². The van der Waals surface area contributed by atoms with E-state index < -0.39 is 0 Å². The lowest BCUT2D eigenvalue weighted by molar-refractivity contribution is 0.488. The molecule has 9 aromatic rings. The van der Waals surface area contributed by atoms with Crippen molar-refractivity contribution in [2.24, 2.45) is 0 Å². The Morgan fingerprint density at radius 1 is 0.343 bits per heavy atom. The first-order chi connectivity index (χ1) is 32.8. The van der Waals surface area contributed by atoms with Crippen molar-refractivity contribution in [2.45, 2.75) is 20.8 Å². The second kappa shape index (κ2) is 12.4. The average Bonchev–Trinajstić information content (AvgIpc) is 3.34. The molecule has 0 fully saturated rings. The van der Waals surface area contributed by atoms with Crippen molar-refractivity contribution < 1.29 is 13.5 Å². The number of halogens is 2. The van der Waals surface area contributed by atoms with Gasteiger partial charge in [-0.2, -0.15) is 0 Å². The molecule has 16 rings (SSSR count). The normalized spacial score (nSPS) is 14.9. The molecule has 10 heteroatoms. The number of para-hydroxylation sites is 4. The Morgan fingerprint density at radius 2 is 0.746 bits per heavy atom. The van der Waals surface area contributed by atoms with Crippen LogP contribution in [0.1, 0.15) is 16.7 Å². The van der Waals surface area contributed by atoms with Crippen molar-refractivity contribution in [3.05, 3.63) is 186 Å². The van der Waals surface area contributed by atoms with E-state index in [1.807, 2.05) is 12.1 Å². The van der Waals surface area contributed by atoms with Crippen LogP contribution >= 0.6 is 0 Å². The fraction of sp³-hybridized carbons (Fsp3) is 0.0526. The Hall–Kier alpha value is -7.70. The number of fused-ring (bicyclic) bond motifs is 20. The molecule has 0 atom stereocenters. The number of anilines is 9. The van der Waals surface area contributed by atoms with Gasteiger partial charge in [-0.3, -0.25) is 0 Å². The number of hydrogen-bond donors (Lipinski definition) is 0. The highest BCUT2D eigenvalue weighted by molar-refractivity contribution is 7.09. The molecule has 7 heterocycles. The van der Waals surface area contributed by atoms with Gasteiger partial charge in [-0.1, -0.05) is 113 Å². The average molecular weight is 859 g/mol. The Labute approximate surface area is 388 Å². The van der Waals surface area contributed by atoms with Crippen LogP contribution in [0.5, 0.6) is 11.5 Å². The van der Waals surface area contributed by atoms with Crippen LogP contribution in [0.15, 0.2) is 158 Å². The molecule has 0 amide bonds. The highest BCUT2D eigenvalue weighted by atomic mass is 19.1. The van der Waals surface area contributed by atoms with Gasteiger partial charge in [0.25, 0.3) is 26.9 Å². The predicted octanol–water partition coefficient (Wildman–Crippen LogP) is 5.35. The van der Waals surface area contributed by atoms with Gasteiger partial charge < -0.3 is 19.4 Å². The topological polar surface area (TPSA) is 19.0 Å². The Bertz CT molecular complexity index is 3800. The van der Waals surface area contributed by atoms with E-state index in [4.69, 9.17) is 4.74 Å². The summed E-state index contributed by atoms with van der Waals surface area (Å²) in [6.45, 7) is 5.91. The third-order valence-corrected chi connectivity index (χ3v) is 16.1. The van der Waals surface area contributed by atoms with Crippen molar-refractivity contribution in [3.63, 3.8) is 0 Å². The van der Waals surface area contributed by atoms with Crippen LogP contribution in [0, 0.1) is 32.4 Å². The van der Waals surface area contributed by atoms with Gasteiger partial charge in [0, 0.05) is 57.3 Å². The largest absolute Gasteiger partial charge is 0.458 e. The molecule has 9 aromatic carbocycles. The molecule has 310 valence electrons. The van der Waals surface area contributed by atoms with E-state index in [2.05, 4.69) is 157 Å². The standard InChI is InChI=1S/C57H35B4F2N3O/c1-30-24-31(2)51(32(3)25-30)61-38-15-7-11-19-49(38)67-50-29-48-41(28-42(50)61)60-36-13-5-9-17-44(36)64-43-16-8-4-12-35(43)58-39-26-33(62)20-22-46(39)65-47-23-21-34(63)27-40(47)59-37-14-6-10-18-45(37)66(48)57-53(59)56(65)52(58)55(64)54(57)60/h4-29H,1-3H3. The third kappa shape index (κ3) is 4.34. The summed E-state index contributed by atoms with van der Waals surface area (Å²) in [5.74, 6) is 1.17. The fourth-order valence-corrected chi connectivity index (χ4v) is 14.0. The van der Waals surface area contributed by atoms with Crippen LogP contribution in [0.4, 0.5) is 60.0 Å². The van der Waals surface area contributed by atoms with Crippen LogP contribution in [0.2, 0.25) is 0 Å². The molecule has 67 heavy (non-hydrogen) atoms. The van der Waals surface area contributed by atoms with Gasteiger partial charge in [0.1, 0.15) is 23.1 Å². The first-order valence-corrected chi connectivity index (χ1v) is 23.4. The van der Waals surface area contributed by atoms with Crippen LogP contribution < -0.4 is 85.0 Å². The summed E-state index contributed by atoms with van der Waals surface area (Å²) in [4.78, 5) is 7.37. The number of rotatable bonds is 1. The zero-order valence-electron chi connectivity index (χ0n) is 36.8. The lowest BCUT2D eigenvalue weighted by Crippen LogP contribution is -2.75. The van der Waals surface area contributed by atoms with Crippen molar-refractivity contribution in [1.29, 1.82) is 0 Å². The molecule has 0 unspecified atom stereocenters. The Kier molecular flexibility index (Phi) is 6.75. The first-order valence-electron chi connectivity index (χ1n) is 23.4. The highest BCUT2D eigenvalue weighted by Gasteiger charge is 2.57. The van der Waals surface area contributed by atoms with Crippen molar-refractivity contribution >= 4 is 144 Å². The number of benzene rings is 9. The lowest BCUT2D eigenvalue weighted by Gasteiger charge is -2.55. The number of nitrogens with zero attached hydrogens (tertiary/aromatic N) is 3. The molecule has 0 saturated heterocycles. The minimum absolute atomic E-state index is 0.0637. The predicted molar refractivity (Wildman–Crippen MR) is 276 cm³/mol. The highest BCUT2D eigenvalue weighted by Crippen LogP contribution is 2.51. The fourth-order valence-electron chi connectivity index (χ4n) is 14.0. The molecule has 0 radical (unpaired) electrons.